The Hall–Kier alpha value is -0.637. The van der Waals surface area contributed by atoms with Gasteiger partial charge in [0.25, 0.3) is 0 Å². The first kappa shape index (κ1) is 9.61. The Morgan fingerprint density at radius 1 is 1.57 bits per heavy atom. The Morgan fingerprint density at radius 2 is 1.71 bits per heavy atom. The molecular weight excluding hydrogens is 181 g/mol. The molecule has 0 aliphatic heterocycles. The van der Waals surface area contributed by atoms with Crippen molar-refractivity contribution in [2.75, 3.05) is 0 Å². The van der Waals surface area contributed by atoms with Crippen molar-refractivity contribution in [2.24, 2.45) is 0 Å². The summed E-state index contributed by atoms with van der Waals surface area (Å²) in [4.78, 5) is 1.50. The fraction of sp³-hybridized carbons (Fsp3) is 0. The van der Waals surface area contributed by atoms with Gasteiger partial charge in [0, 0.05) is 0 Å². The molecule has 0 aromatic carbocycles. The zero-order valence-corrected chi connectivity index (χ0v) is 5.02. The first-order chi connectivity index (χ1) is 3.33. The number of rotatable bonds is 0. The normalized spacial score (nSPS) is 3.00. The maximum Gasteiger partial charge on any atom is -0.255 e. The predicted octanol–water partition coefficient (Wildman–Crippen LogP) is 1.14. The van der Waals surface area contributed by atoms with Crippen molar-refractivity contribution < 1.29 is 17.9 Å². The Balaban J connectivity index is 0. The van der Waals surface area contributed by atoms with Crippen LogP contribution in [0.2, 0.25) is 0 Å². The molecule has 0 aliphatic carbocycles. The van der Waals surface area contributed by atoms with Crippen LogP contribution in [0.3, 0.4) is 0 Å². The Labute approximate surface area is 51.0 Å². The van der Waals surface area contributed by atoms with Crippen LogP contribution in [0, 0.1) is 0 Å². The molecule has 0 atom stereocenters. The molecule has 0 radical (unpaired) electrons. The zero-order valence-electron chi connectivity index (χ0n) is 3.38. The molecule has 0 aliphatic rings. The molecule has 0 aromatic rings. The van der Waals surface area contributed by atoms with Crippen LogP contribution in [0.5, 0.6) is 0 Å². The van der Waals surface area contributed by atoms with E-state index in [1.54, 1.807) is 0 Å². The molecule has 0 heterocycles. The summed E-state index contributed by atoms with van der Waals surface area (Å²) in [5.41, 5.74) is 15.9. The minimum absolute atomic E-state index is 1.50. The zero-order chi connectivity index (χ0) is 6.12. The summed E-state index contributed by atoms with van der Waals surface area (Å²) in [6.45, 7) is 3.22. The van der Waals surface area contributed by atoms with Crippen molar-refractivity contribution >= 4 is 4.26 Å². The smallest absolute Gasteiger partial charge is 0.255 e. The third-order valence-electron chi connectivity index (χ3n) is 0.0589. The van der Waals surface area contributed by atoms with E-state index < -0.39 is 0 Å². The molecule has 0 N–H and O–H groups in total. The standard InChI is InChI=1S/C3H2.N3.Rh/c2*1-3-2;/h1H2;;/q;-1;. The van der Waals surface area contributed by atoms with E-state index in [9.17, 15) is 0 Å². The van der Waals surface area contributed by atoms with Crippen molar-refractivity contribution in [3.05, 3.63) is 28.3 Å². The van der Waals surface area contributed by atoms with Gasteiger partial charge in [0.2, 0.25) is 0 Å². The molecule has 0 unspecified atom stereocenters. The molecular formula is C3H2N3Rh-. The topological polar surface area (TPSA) is 58.7 Å². The summed E-state index contributed by atoms with van der Waals surface area (Å²) in [6, 6.07) is 0. The van der Waals surface area contributed by atoms with E-state index in [0.29, 0.717) is 0 Å². The molecule has 0 saturated heterocycles. The Bertz CT molecular complexity index is 113. The SMILES string of the molecule is C=C=[C]=[Rh].[N-]=[N+]=[N-]. The van der Waals surface area contributed by atoms with Crippen LogP contribution in [-0.2, 0) is 17.9 Å². The van der Waals surface area contributed by atoms with Crippen LogP contribution in [0.25, 0.3) is 16.0 Å². The van der Waals surface area contributed by atoms with Crippen LogP contribution in [0.4, 0.5) is 0 Å². The van der Waals surface area contributed by atoms with E-state index in [0.717, 1.165) is 0 Å². The summed E-state index contributed by atoms with van der Waals surface area (Å²) in [7, 11) is 0. The minimum Gasteiger partial charge on any atom is -0.373 e. The summed E-state index contributed by atoms with van der Waals surface area (Å²) >= 11 is 2.38. The molecule has 0 spiro atoms. The van der Waals surface area contributed by atoms with Gasteiger partial charge < -0.3 is 11.1 Å². The second-order valence-electron chi connectivity index (χ2n) is 0.350. The molecule has 3 nitrogen and oxygen atoms in total. The minimum atomic E-state index is 1.50. The van der Waals surface area contributed by atoms with Crippen molar-refractivity contribution in [2.45, 2.75) is 0 Å². The average Bonchev–Trinajstić information content (AvgIpc) is 1.69. The number of hydrogen-bond donors (Lipinski definition) is 0. The van der Waals surface area contributed by atoms with Gasteiger partial charge in [-0.05, 0) is 0 Å². The van der Waals surface area contributed by atoms with Crippen molar-refractivity contribution in [1.29, 1.82) is 0 Å². The molecule has 4 heteroatoms. The Kier molecular flexibility index (Phi) is 25.1. The van der Waals surface area contributed by atoms with Crippen molar-refractivity contribution in [3.63, 3.8) is 0 Å². The second-order valence-corrected chi connectivity index (χ2v) is 0.759. The molecule has 0 fully saturated rings. The van der Waals surface area contributed by atoms with Crippen molar-refractivity contribution in [3.8, 4) is 0 Å². The fourth-order valence-corrected chi connectivity index (χ4v) is 0. The molecule has 0 aromatic heterocycles. The quantitative estimate of drug-likeness (QED) is 0.178. The summed E-state index contributed by atoms with van der Waals surface area (Å²) in [6.07, 6.45) is 0. The van der Waals surface area contributed by atoms with Gasteiger partial charge in [0.05, 0.1) is 0 Å². The van der Waals surface area contributed by atoms with E-state index in [2.05, 4.69) is 34.4 Å². The summed E-state index contributed by atoms with van der Waals surface area (Å²) in [5.74, 6) is 0. The van der Waals surface area contributed by atoms with Gasteiger partial charge in [-0.1, -0.05) is 0 Å². The number of hydrogen-bond acceptors (Lipinski definition) is 0. The molecule has 0 bridgehead atoms. The largest absolute Gasteiger partial charge is 0.373 e. The molecule has 0 amide bonds. The Morgan fingerprint density at radius 3 is 1.71 bits per heavy atom. The van der Waals surface area contributed by atoms with Crippen molar-refractivity contribution in [1.82, 2.24) is 0 Å². The van der Waals surface area contributed by atoms with Gasteiger partial charge in [-0.3, -0.25) is 4.91 Å². The monoisotopic (exact) mass is 183 g/mol. The van der Waals surface area contributed by atoms with E-state index in [-0.39, 0.29) is 0 Å². The first-order valence-corrected chi connectivity index (χ1v) is 1.99. The van der Waals surface area contributed by atoms with E-state index >= 15 is 0 Å². The maximum absolute atomic E-state index is 6.75. The van der Waals surface area contributed by atoms with Crippen LogP contribution < -0.4 is 0 Å². The average molecular weight is 183 g/mol. The van der Waals surface area contributed by atoms with E-state index in [4.69, 9.17) is 11.1 Å². The van der Waals surface area contributed by atoms with Crippen LogP contribution in [-0.4, -0.2) is 4.26 Å². The van der Waals surface area contributed by atoms with E-state index in [1.165, 1.54) is 4.91 Å². The molecule has 0 saturated carbocycles. The summed E-state index contributed by atoms with van der Waals surface area (Å²) in [5, 5.41) is 0. The van der Waals surface area contributed by atoms with E-state index in [1.807, 2.05) is 0 Å². The number of nitrogens with zero attached hydrogens (tertiary/aromatic N) is 3. The maximum atomic E-state index is 6.75. The van der Waals surface area contributed by atoms with Gasteiger partial charge in [-0.25, -0.2) is 0 Å². The third-order valence-corrected chi connectivity index (χ3v) is 0.349. The molecule has 7 heavy (non-hydrogen) atoms. The van der Waals surface area contributed by atoms with Gasteiger partial charge in [0.1, 0.15) is 0 Å². The molecule has 0 rings (SSSR count). The van der Waals surface area contributed by atoms with Gasteiger partial charge >= 0.3 is 34.4 Å². The van der Waals surface area contributed by atoms with Crippen LogP contribution >= 0.6 is 0 Å². The van der Waals surface area contributed by atoms with Gasteiger partial charge in [-0.15, -0.1) is 0 Å². The van der Waals surface area contributed by atoms with Gasteiger partial charge in [0.15, 0.2) is 0 Å². The second kappa shape index (κ2) is 18.3. The fourth-order valence-electron chi connectivity index (χ4n) is 0. The molecule has 39 valence electrons. The van der Waals surface area contributed by atoms with Crippen LogP contribution in [0.15, 0.2) is 12.3 Å². The third kappa shape index (κ3) is 459. The first-order valence-electron chi connectivity index (χ1n) is 1.17. The predicted molar refractivity (Wildman–Crippen MR) is 24.2 cm³/mol. The van der Waals surface area contributed by atoms with Crippen LogP contribution in [0.1, 0.15) is 0 Å². The summed E-state index contributed by atoms with van der Waals surface area (Å²) < 4.78 is 2.46. The van der Waals surface area contributed by atoms with Gasteiger partial charge in [-0.2, -0.15) is 0 Å².